The SMILES string of the molecule is CCCC(=O)N1CC2CNCC2C1(C)C. The van der Waals surface area contributed by atoms with E-state index in [4.69, 9.17) is 0 Å². The van der Waals surface area contributed by atoms with Gasteiger partial charge in [-0.15, -0.1) is 0 Å². The van der Waals surface area contributed by atoms with Gasteiger partial charge in [-0.2, -0.15) is 0 Å². The van der Waals surface area contributed by atoms with E-state index in [2.05, 4.69) is 31.0 Å². The summed E-state index contributed by atoms with van der Waals surface area (Å²) in [5.74, 6) is 1.68. The second-order valence-electron chi connectivity index (χ2n) is 5.43. The lowest BCUT2D eigenvalue weighted by Gasteiger charge is -2.35. The first-order chi connectivity index (χ1) is 7.07. The molecule has 2 aliphatic rings. The molecule has 0 saturated carbocycles. The Bertz CT molecular complexity index is 262. The van der Waals surface area contributed by atoms with Crippen molar-refractivity contribution in [2.75, 3.05) is 19.6 Å². The number of hydrogen-bond acceptors (Lipinski definition) is 2. The first-order valence-electron chi connectivity index (χ1n) is 6.08. The Morgan fingerprint density at radius 2 is 2.20 bits per heavy atom. The summed E-state index contributed by atoms with van der Waals surface area (Å²) in [4.78, 5) is 14.1. The van der Waals surface area contributed by atoms with Gasteiger partial charge in [-0.1, -0.05) is 6.92 Å². The highest BCUT2D eigenvalue weighted by Crippen LogP contribution is 2.40. The first-order valence-corrected chi connectivity index (χ1v) is 6.08. The molecule has 2 fully saturated rings. The van der Waals surface area contributed by atoms with Crippen LogP contribution in [0.15, 0.2) is 0 Å². The number of nitrogens with zero attached hydrogens (tertiary/aromatic N) is 1. The van der Waals surface area contributed by atoms with Crippen molar-refractivity contribution >= 4 is 5.91 Å². The minimum absolute atomic E-state index is 0.0560. The minimum atomic E-state index is 0.0560. The van der Waals surface area contributed by atoms with Crippen molar-refractivity contribution in [2.45, 2.75) is 39.2 Å². The smallest absolute Gasteiger partial charge is 0.223 e. The summed E-state index contributed by atoms with van der Waals surface area (Å²) in [5.41, 5.74) is 0.0560. The molecule has 0 aromatic heterocycles. The highest BCUT2D eigenvalue weighted by molar-refractivity contribution is 5.77. The number of nitrogens with one attached hydrogen (secondary N) is 1. The maximum atomic E-state index is 12.0. The molecule has 3 heteroatoms. The number of fused-ring (bicyclic) bond motifs is 1. The zero-order valence-corrected chi connectivity index (χ0v) is 10.0. The summed E-state index contributed by atoms with van der Waals surface area (Å²) in [6, 6.07) is 0. The van der Waals surface area contributed by atoms with E-state index in [1.54, 1.807) is 0 Å². The van der Waals surface area contributed by atoms with Crippen molar-refractivity contribution < 1.29 is 4.79 Å². The van der Waals surface area contributed by atoms with Gasteiger partial charge < -0.3 is 10.2 Å². The average molecular weight is 210 g/mol. The van der Waals surface area contributed by atoms with Crippen molar-refractivity contribution in [2.24, 2.45) is 11.8 Å². The lowest BCUT2D eigenvalue weighted by atomic mass is 9.85. The van der Waals surface area contributed by atoms with Crippen LogP contribution in [0.5, 0.6) is 0 Å². The van der Waals surface area contributed by atoms with Crippen LogP contribution in [0, 0.1) is 11.8 Å². The van der Waals surface area contributed by atoms with Gasteiger partial charge >= 0.3 is 0 Å². The Morgan fingerprint density at radius 1 is 1.47 bits per heavy atom. The molecule has 2 heterocycles. The molecule has 3 nitrogen and oxygen atoms in total. The molecule has 2 saturated heterocycles. The summed E-state index contributed by atoms with van der Waals surface area (Å²) in [5, 5.41) is 3.43. The summed E-state index contributed by atoms with van der Waals surface area (Å²) >= 11 is 0. The van der Waals surface area contributed by atoms with E-state index in [-0.39, 0.29) is 5.54 Å². The maximum Gasteiger partial charge on any atom is 0.223 e. The number of amides is 1. The van der Waals surface area contributed by atoms with Crippen LogP contribution in [-0.2, 0) is 4.79 Å². The Balaban J connectivity index is 2.11. The van der Waals surface area contributed by atoms with E-state index in [0.29, 0.717) is 24.2 Å². The Labute approximate surface area is 92.2 Å². The molecule has 1 N–H and O–H groups in total. The van der Waals surface area contributed by atoms with Gasteiger partial charge in [-0.3, -0.25) is 4.79 Å². The molecule has 0 bridgehead atoms. The summed E-state index contributed by atoms with van der Waals surface area (Å²) in [6.07, 6.45) is 1.66. The largest absolute Gasteiger partial charge is 0.337 e. The fraction of sp³-hybridized carbons (Fsp3) is 0.917. The highest BCUT2D eigenvalue weighted by Gasteiger charge is 2.50. The van der Waals surface area contributed by atoms with Crippen LogP contribution in [0.1, 0.15) is 33.6 Å². The van der Waals surface area contributed by atoms with Crippen LogP contribution in [0.25, 0.3) is 0 Å². The average Bonchev–Trinajstić information content (AvgIpc) is 2.69. The van der Waals surface area contributed by atoms with E-state index >= 15 is 0 Å². The molecule has 15 heavy (non-hydrogen) atoms. The molecular weight excluding hydrogens is 188 g/mol. The molecule has 0 aromatic carbocycles. The lowest BCUT2D eigenvalue weighted by molar-refractivity contribution is -0.135. The van der Waals surface area contributed by atoms with Gasteiger partial charge in [0, 0.05) is 31.6 Å². The van der Waals surface area contributed by atoms with Crippen LogP contribution in [-0.4, -0.2) is 36.0 Å². The third-order valence-electron chi connectivity index (χ3n) is 4.12. The highest BCUT2D eigenvalue weighted by atomic mass is 16.2. The molecule has 0 radical (unpaired) electrons. The van der Waals surface area contributed by atoms with Crippen LogP contribution in [0.2, 0.25) is 0 Å². The molecule has 2 aliphatic heterocycles. The Kier molecular flexibility index (Phi) is 2.75. The molecule has 0 aromatic rings. The number of carbonyl (C=O) groups is 1. The molecular formula is C12H22N2O. The van der Waals surface area contributed by atoms with E-state index in [1.807, 2.05) is 0 Å². The summed E-state index contributed by atoms with van der Waals surface area (Å²) in [7, 11) is 0. The van der Waals surface area contributed by atoms with Crippen LogP contribution < -0.4 is 5.32 Å². The van der Waals surface area contributed by atoms with Gasteiger partial charge in [0.05, 0.1) is 0 Å². The van der Waals surface area contributed by atoms with Crippen molar-refractivity contribution in [1.29, 1.82) is 0 Å². The molecule has 0 aliphatic carbocycles. The van der Waals surface area contributed by atoms with Crippen molar-refractivity contribution in [3.63, 3.8) is 0 Å². The van der Waals surface area contributed by atoms with E-state index < -0.39 is 0 Å². The molecule has 1 amide bonds. The summed E-state index contributed by atoms with van der Waals surface area (Å²) in [6.45, 7) is 9.64. The van der Waals surface area contributed by atoms with Crippen molar-refractivity contribution in [1.82, 2.24) is 10.2 Å². The monoisotopic (exact) mass is 210 g/mol. The first kappa shape index (κ1) is 10.9. The van der Waals surface area contributed by atoms with Crippen molar-refractivity contribution in [3.8, 4) is 0 Å². The zero-order valence-electron chi connectivity index (χ0n) is 10.0. The Morgan fingerprint density at radius 3 is 2.80 bits per heavy atom. The minimum Gasteiger partial charge on any atom is -0.337 e. The van der Waals surface area contributed by atoms with Gasteiger partial charge in [-0.05, 0) is 32.1 Å². The maximum absolute atomic E-state index is 12.0. The lowest BCUT2D eigenvalue weighted by Crippen LogP contribution is -2.47. The number of carbonyl (C=O) groups excluding carboxylic acids is 1. The third-order valence-corrected chi connectivity index (χ3v) is 4.12. The number of hydrogen-bond donors (Lipinski definition) is 1. The fourth-order valence-electron chi connectivity index (χ4n) is 3.19. The van der Waals surface area contributed by atoms with E-state index in [0.717, 1.165) is 26.1 Å². The second-order valence-corrected chi connectivity index (χ2v) is 5.43. The fourth-order valence-corrected chi connectivity index (χ4v) is 3.19. The standard InChI is InChI=1S/C12H22N2O/c1-4-5-11(15)14-8-9-6-13-7-10(9)12(14,2)3/h9-10,13H,4-8H2,1-3H3. The molecule has 0 spiro atoms. The number of rotatable bonds is 2. The quantitative estimate of drug-likeness (QED) is 0.744. The predicted octanol–water partition coefficient (Wildman–Crippen LogP) is 1.24. The zero-order chi connectivity index (χ0) is 11.1. The topological polar surface area (TPSA) is 32.3 Å². The van der Waals surface area contributed by atoms with Gasteiger partial charge in [0.1, 0.15) is 0 Å². The van der Waals surface area contributed by atoms with Gasteiger partial charge in [-0.25, -0.2) is 0 Å². The van der Waals surface area contributed by atoms with E-state index in [9.17, 15) is 4.79 Å². The van der Waals surface area contributed by atoms with Gasteiger partial charge in [0.2, 0.25) is 5.91 Å². The van der Waals surface area contributed by atoms with Crippen LogP contribution in [0.3, 0.4) is 0 Å². The van der Waals surface area contributed by atoms with E-state index in [1.165, 1.54) is 0 Å². The third kappa shape index (κ3) is 1.67. The number of likely N-dealkylation sites (tertiary alicyclic amines) is 1. The second kappa shape index (κ2) is 3.78. The van der Waals surface area contributed by atoms with Gasteiger partial charge in [0.25, 0.3) is 0 Å². The summed E-state index contributed by atoms with van der Waals surface area (Å²) < 4.78 is 0. The van der Waals surface area contributed by atoms with Crippen molar-refractivity contribution in [3.05, 3.63) is 0 Å². The molecule has 2 unspecified atom stereocenters. The van der Waals surface area contributed by atoms with Crippen LogP contribution in [0.4, 0.5) is 0 Å². The predicted molar refractivity (Wildman–Crippen MR) is 60.5 cm³/mol. The normalized spacial score (nSPS) is 33.1. The molecule has 86 valence electrons. The molecule has 2 rings (SSSR count). The Hall–Kier alpha value is -0.570. The van der Waals surface area contributed by atoms with Gasteiger partial charge in [0.15, 0.2) is 0 Å². The van der Waals surface area contributed by atoms with Crippen LogP contribution >= 0.6 is 0 Å². The molecule has 2 atom stereocenters.